The fourth-order valence-electron chi connectivity index (χ4n) is 4.25. The van der Waals surface area contributed by atoms with Crippen LogP contribution in [-0.4, -0.2) is 18.1 Å². The maximum absolute atomic E-state index is 11.6. The second kappa shape index (κ2) is 20.5. The summed E-state index contributed by atoms with van der Waals surface area (Å²) in [5.41, 5.74) is 0.449. The number of allylic oxidation sites excluding steroid dienone is 3. The van der Waals surface area contributed by atoms with Crippen LogP contribution in [0.2, 0.25) is 0 Å². The van der Waals surface area contributed by atoms with Gasteiger partial charge in [0.1, 0.15) is 0 Å². The zero-order chi connectivity index (χ0) is 22.4. The van der Waals surface area contributed by atoms with E-state index in [0.29, 0.717) is 5.70 Å². The molecule has 0 bridgehead atoms. The van der Waals surface area contributed by atoms with Crippen molar-refractivity contribution >= 4 is 11.6 Å². The Bertz CT molecular complexity index is 521. The molecule has 1 aliphatic rings. The molecule has 1 N–H and O–H groups in total. The molecular formula is C28H49NO2. The van der Waals surface area contributed by atoms with Crippen LogP contribution in [0.1, 0.15) is 135 Å². The number of nitrogens with one attached hydrogen (secondary N) is 1. The van der Waals surface area contributed by atoms with Gasteiger partial charge < -0.3 is 5.32 Å². The van der Waals surface area contributed by atoms with Crippen LogP contribution < -0.4 is 5.32 Å². The van der Waals surface area contributed by atoms with Gasteiger partial charge in [0.2, 0.25) is 5.78 Å². The summed E-state index contributed by atoms with van der Waals surface area (Å²) in [5.74, 6) is -0.196. The first-order valence-electron chi connectivity index (χ1n) is 13.5. The molecule has 0 atom stereocenters. The molecule has 0 aliphatic heterocycles. The second-order valence-corrected chi connectivity index (χ2v) is 9.30. The molecule has 3 heteroatoms. The molecule has 0 aromatic carbocycles. The Morgan fingerprint density at radius 3 is 1.35 bits per heavy atom. The van der Waals surface area contributed by atoms with Crippen LogP contribution in [-0.2, 0) is 9.59 Å². The molecule has 0 radical (unpaired) electrons. The van der Waals surface area contributed by atoms with Crippen molar-refractivity contribution in [2.75, 3.05) is 6.54 Å². The molecule has 0 saturated carbocycles. The van der Waals surface area contributed by atoms with E-state index in [1.54, 1.807) is 0 Å². The SMILES string of the molecule is CCCCCCCCCCCCCCCCCCCCCCNC1=CC(=O)C=CC1=O. The quantitative estimate of drug-likeness (QED) is 0.139. The Labute approximate surface area is 192 Å². The van der Waals surface area contributed by atoms with Crippen molar-refractivity contribution in [3.8, 4) is 0 Å². The van der Waals surface area contributed by atoms with Crippen LogP contribution in [0.5, 0.6) is 0 Å². The summed E-state index contributed by atoms with van der Waals surface area (Å²) >= 11 is 0. The topological polar surface area (TPSA) is 46.2 Å². The predicted molar refractivity (Wildman–Crippen MR) is 133 cm³/mol. The fraction of sp³-hybridized carbons (Fsp3) is 0.786. The summed E-state index contributed by atoms with van der Waals surface area (Å²) in [6.07, 6.45) is 31.7. The Hall–Kier alpha value is -1.38. The van der Waals surface area contributed by atoms with E-state index in [1.165, 1.54) is 140 Å². The third-order valence-corrected chi connectivity index (χ3v) is 6.30. The Morgan fingerprint density at radius 2 is 0.935 bits per heavy atom. The van der Waals surface area contributed by atoms with E-state index < -0.39 is 0 Å². The largest absolute Gasteiger partial charge is 0.382 e. The Morgan fingerprint density at radius 1 is 0.548 bits per heavy atom. The van der Waals surface area contributed by atoms with Gasteiger partial charge in [-0.15, -0.1) is 0 Å². The normalized spacial score (nSPS) is 13.6. The number of unbranched alkanes of at least 4 members (excludes halogenated alkanes) is 19. The third kappa shape index (κ3) is 16.9. The molecule has 0 aromatic heterocycles. The minimum Gasteiger partial charge on any atom is -0.382 e. The lowest BCUT2D eigenvalue weighted by atomic mass is 10.0. The molecule has 0 saturated heterocycles. The number of hydrogen-bond acceptors (Lipinski definition) is 3. The molecule has 0 spiro atoms. The van der Waals surface area contributed by atoms with Crippen LogP contribution in [0, 0.1) is 0 Å². The van der Waals surface area contributed by atoms with Gasteiger partial charge in [-0.2, -0.15) is 0 Å². The first kappa shape index (κ1) is 27.7. The van der Waals surface area contributed by atoms with Gasteiger partial charge in [0.25, 0.3) is 0 Å². The van der Waals surface area contributed by atoms with Crippen LogP contribution in [0.25, 0.3) is 0 Å². The maximum Gasteiger partial charge on any atom is 0.201 e. The van der Waals surface area contributed by atoms with E-state index in [1.807, 2.05) is 0 Å². The fourth-order valence-corrected chi connectivity index (χ4v) is 4.25. The zero-order valence-corrected chi connectivity index (χ0v) is 20.4. The highest BCUT2D eigenvalue weighted by molar-refractivity contribution is 6.16. The minimum atomic E-state index is -0.106. The molecule has 1 rings (SSSR count). The highest BCUT2D eigenvalue weighted by Crippen LogP contribution is 2.14. The average molecular weight is 432 g/mol. The zero-order valence-electron chi connectivity index (χ0n) is 20.4. The molecule has 0 unspecified atom stereocenters. The van der Waals surface area contributed by atoms with Gasteiger partial charge >= 0.3 is 0 Å². The smallest absolute Gasteiger partial charge is 0.201 e. The number of carbonyl (C=O) groups is 2. The summed E-state index contributed by atoms with van der Waals surface area (Å²) < 4.78 is 0. The average Bonchev–Trinajstić information content (AvgIpc) is 2.77. The number of ketones is 2. The lowest BCUT2D eigenvalue weighted by molar-refractivity contribution is -0.114. The molecule has 3 nitrogen and oxygen atoms in total. The van der Waals surface area contributed by atoms with Gasteiger partial charge in [0, 0.05) is 12.6 Å². The van der Waals surface area contributed by atoms with Gasteiger partial charge in [-0.05, 0) is 18.6 Å². The third-order valence-electron chi connectivity index (χ3n) is 6.30. The van der Waals surface area contributed by atoms with E-state index in [2.05, 4.69) is 12.2 Å². The summed E-state index contributed by atoms with van der Waals surface area (Å²) in [5, 5.41) is 3.10. The van der Waals surface area contributed by atoms with E-state index >= 15 is 0 Å². The van der Waals surface area contributed by atoms with Crippen molar-refractivity contribution in [3.05, 3.63) is 23.9 Å². The Balaban J connectivity index is 1.72. The van der Waals surface area contributed by atoms with E-state index in [-0.39, 0.29) is 11.6 Å². The maximum atomic E-state index is 11.6. The van der Waals surface area contributed by atoms with Crippen molar-refractivity contribution < 1.29 is 9.59 Å². The van der Waals surface area contributed by atoms with Crippen molar-refractivity contribution in [1.82, 2.24) is 5.32 Å². The highest BCUT2D eigenvalue weighted by atomic mass is 16.1. The highest BCUT2D eigenvalue weighted by Gasteiger charge is 2.11. The van der Waals surface area contributed by atoms with Gasteiger partial charge in [0.05, 0.1) is 5.70 Å². The minimum absolute atomic E-state index is 0.0900. The second-order valence-electron chi connectivity index (χ2n) is 9.30. The molecule has 178 valence electrons. The first-order chi connectivity index (χ1) is 15.2. The summed E-state index contributed by atoms with van der Waals surface area (Å²) in [6, 6.07) is 0. The van der Waals surface area contributed by atoms with E-state index in [9.17, 15) is 9.59 Å². The van der Waals surface area contributed by atoms with Gasteiger partial charge in [-0.3, -0.25) is 9.59 Å². The summed E-state index contributed by atoms with van der Waals surface area (Å²) in [6.45, 7) is 3.06. The molecule has 0 amide bonds. The van der Waals surface area contributed by atoms with Crippen LogP contribution >= 0.6 is 0 Å². The molecular weight excluding hydrogens is 382 g/mol. The number of hydrogen-bond donors (Lipinski definition) is 1. The molecule has 1 aliphatic carbocycles. The van der Waals surface area contributed by atoms with Gasteiger partial charge in [-0.1, -0.05) is 129 Å². The Kier molecular flexibility index (Phi) is 18.3. The lowest BCUT2D eigenvalue weighted by Gasteiger charge is -2.10. The molecule has 0 heterocycles. The van der Waals surface area contributed by atoms with Crippen LogP contribution in [0.3, 0.4) is 0 Å². The summed E-state index contributed by atoms with van der Waals surface area (Å²) in [7, 11) is 0. The van der Waals surface area contributed by atoms with E-state index in [4.69, 9.17) is 0 Å². The lowest BCUT2D eigenvalue weighted by Crippen LogP contribution is -2.23. The summed E-state index contributed by atoms with van der Waals surface area (Å²) in [4.78, 5) is 22.9. The van der Waals surface area contributed by atoms with Gasteiger partial charge in [-0.25, -0.2) is 0 Å². The monoisotopic (exact) mass is 431 g/mol. The van der Waals surface area contributed by atoms with Crippen LogP contribution in [0.15, 0.2) is 23.9 Å². The van der Waals surface area contributed by atoms with Gasteiger partial charge in [0.15, 0.2) is 5.78 Å². The van der Waals surface area contributed by atoms with Crippen molar-refractivity contribution in [3.63, 3.8) is 0 Å². The molecule has 0 fully saturated rings. The van der Waals surface area contributed by atoms with Crippen molar-refractivity contribution in [2.24, 2.45) is 0 Å². The van der Waals surface area contributed by atoms with E-state index in [0.717, 1.165) is 13.0 Å². The molecule has 31 heavy (non-hydrogen) atoms. The van der Waals surface area contributed by atoms with Crippen LogP contribution in [0.4, 0.5) is 0 Å². The number of rotatable bonds is 22. The van der Waals surface area contributed by atoms with Crippen molar-refractivity contribution in [1.29, 1.82) is 0 Å². The first-order valence-corrected chi connectivity index (χ1v) is 13.5. The van der Waals surface area contributed by atoms with Crippen molar-refractivity contribution in [2.45, 2.75) is 135 Å². The molecule has 0 aromatic rings. The standard InChI is InChI=1S/C28H49NO2/c1-2-3-4-5-6-7-8-9-10-11-12-13-14-15-16-17-18-19-20-21-24-29-27-25-26(30)22-23-28(27)31/h22-23,25,29H,2-21,24H2,1H3. The number of carbonyl (C=O) groups excluding carboxylic acids is 2. The predicted octanol–water partition coefficient (Wildman–Crippen LogP) is 7.99.